The summed E-state index contributed by atoms with van der Waals surface area (Å²) >= 11 is 3.16. The van der Waals surface area contributed by atoms with Crippen LogP contribution in [0.25, 0.3) is 10.2 Å². The number of thiophene rings is 1. The third kappa shape index (κ3) is 3.61. The number of hydrogen-bond donors (Lipinski definition) is 0. The van der Waals surface area contributed by atoms with Crippen molar-refractivity contribution < 1.29 is 4.79 Å². The quantitative estimate of drug-likeness (QED) is 0.486. The number of amides is 1. The number of carbonyl (C=O) groups excluding carboxylic acids is 1. The van der Waals surface area contributed by atoms with E-state index in [9.17, 15) is 4.79 Å². The molecule has 138 valence electrons. The van der Waals surface area contributed by atoms with Crippen molar-refractivity contribution in [3.05, 3.63) is 52.2 Å². The minimum absolute atomic E-state index is 0.0138. The Balaban J connectivity index is 1.50. The van der Waals surface area contributed by atoms with E-state index in [2.05, 4.69) is 28.9 Å². The molecule has 3 heterocycles. The summed E-state index contributed by atoms with van der Waals surface area (Å²) in [6.07, 6.45) is 0.792. The molecule has 0 atom stereocenters. The van der Waals surface area contributed by atoms with Crippen molar-refractivity contribution in [2.45, 2.75) is 32.2 Å². The molecule has 0 unspecified atom stereocenters. The zero-order valence-corrected chi connectivity index (χ0v) is 17.2. The molecule has 4 rings (SSSR count). The molecule has 1 aliphatic heterocycles. The molecular formula is C20H20N4OS2. The molecule has 0 aliphatic carbocycles. The van der Waals surface area contributed by atoms with Gasteiger partial charge >= 0.3 is 0 Å². The second kappa shape index (κ2) is 7.40. The average Bonchev–Trinajstić information content (AvgIpc) is 3.26. The Morgan fingerprint density at radius 1 is 1.19 bits per heavy atom. The zero-order chi connectivity index (χ0) is 19.0. The predicted molar refractivity (Wildman–Crippen MR) is 112 cm³/mol. The molecule has 1 aromatic carbocycles. The van der Waals surface area contributed by atoms with Gasteiger partial charge in [-0.15, -0.1) is 11.3 Å². The van der Waals surface area contributed by atoms with Gasteiger partial charge in [0.1, 0.15) is 15.7 Å². The van der Waals surface area contributed by atoms with Gasteiger partial charge in [0.2, 0.25) is 0 Å². The van der Waals surface area contributed by atoms with E-state index < -0.39 is 0 Å². The maximum atomic E-state index is 12.7. The molecule has 3 aromatic rings. The summed E-state index contributed by atoms with van der Waals surface area (Å²) in [5.74, 6) is 1.08. The van der Waals surface area contributed by atoms with Crippen LogP contribution in [-0.4, -0.2) is 38.9 Å². The second-order valence-electron chi connectivity index (χ2n) is 6.51. The van der Waals surface area contributed by atoms with E-state index in [0.29, 0.717) is 12.3 Å². The molecule has 0 bridgehead atoms. The molecule has 0 radical (unpaired) electrons. The van der Waals surface area contributed by atoms with Crippen LogP contribution in [0.4, 0.5) is 0 Å². The Kier molecular flexibility index (Phi) is 4.97. The largest absolute Gasteiger partial charge is 0.272 e. The van der Waals surface area contributed by atoms with E-state index in [-0.39, 0.29) is 5.91 Å². The molecule has 7 heteroatoms. The first-order chi connectivity index (χ1) is 13.0. The molecular weight excluding hydrogens is 376 g/mol. The maximum absolute atomic E-state index is 12.7. The van der Waals surface area contributed by atoms with Gasteiger partial charge in [-0.05, 0) is 31.9 Å². The fraction of sp³-hybridized carbons (Fsp3) is 0.300. The molecule has 27 heavy (non-hydrogen) atoms. The van der Waals surface area contributed by atoms with Crippen LogP contribution in [-0.2, 0) is 4.79 Å². The molecule has 1 amide bonds. The van der Waals surface area contributed by atoms with E-state index in [1.165, 1.54) is 22.2 Å². The summed E-state index contributed by atoms with van der Waals surface area (Å²) in [6, 6.07) is 10.0. The lowest BCUT2D eigenvalue weighted by molar-refractivity contribution is -0.127. The van der Waals surface area contributed by atoms with Crippen molar-refractivity contribution in [2.75, 3.05) is 12.3 Å². The smallest absolute Gasteiger partial charge is 0.253 e. The van der Waals surface area contributed by atoms with Crippen LogP contribution in [0.2, 0.25) is 0 Å². The number of rotatable bonds is 4. The number of thioether (sulfide) groups is 1. The highest BCUT2D eigenvalue weighted by Gasteiger charge is 2.22. The Bertz CT molecular complexity index is 1040. The SMILES string of the molecule is Cc1nc(SCC(=O)N2CCC(c3ccccc3)=N2)c2c(C)c(C)sc2n1. The number of aryl methyl sites for hydroxylation is 3. The fourth-order valence-electron chi connectivity index (χ4n) is 3.09. The second-order valence-corrected chi connectivity index (χ2v) is 8.67. The van der Waals surface area contributed by atoms with Crippen molar-refractivity contribution in [1.29, 1.82) is 0 Å². The van der Waals surface area contributed by atoms with Gasteiger partial charge in [0.15, 0.2) is 0 Å². The summed E-state index contributed by atoms with van der Waals surface area (Å²) in [5.41, 5.74) is 3.26. The molecule has 2 aromatic heterocycles. The van der Waals surface area contributed by atoms with Crippen LogP contribution >= 0.6 is 23.1 Å². The summed E-state index contributed by atoms with van der Waals surface area (Å²) in [7, 11) is 0. The topological polar surface area (TPSA) is 58.5 Å². The third-order valence-electron chi connectivity index (χ3n) is 4.64. The van der Waals surface area contributed by atoms with Crippen LogP contribution in [0.3, 0.4) is 0 Å². The number of carbonyl (C=O) groups is 1. The van der Waals surface area contributed by atoms with Crippen LogP contribution in [0.5, 0.6) is 0 Å². The molecule has 0 saturated heterocycles. The van der Waals surface area contributed by atoms with Gasteiger partial charge in [-0.25, -0.2) is 15.0 Å². The van der Waals surface area contributed by atoms with Crippen molar-refractivity contribution in [3.63, 3.8) is 0 Å². The number of hydrazone groups is 1. The molecule has 0 fully saturated rings. The fourth-order valence-corrected chi connectivity index (χ4v) is 5.23. The molecule has 0 N–H and O–H groups in total. The van der Waals surface area contributed by atoms with E-state index in [4.69, 9.17) is 0 Å². The van der Waals surface area contributed by atoms with Gasteiger partial charge in [0.25, 0.3) is 5.91 Å². The number of benzene rings is 1. The van der Waals surface area contributed by atoms with E-state index in [1.54, 1.807) is 16.3 Å². The normalized spacial score (nSPS) is 14.0. The van der Waals surface area contributed by atoms with Crippen LogP contribution in [0.1, 0.15) is 28.2 Å². The highest BCUT2D eigenvalue weighted by Crippen LogP contribution is 2.35. The Hall–Kier alpha value is -2.25. The molecule has 0 spiro atoms. The first-order valence-corrected chi connectivity index (χ1v) is 10.6. The summed E-state index contributed by atoms with van der Waals surface area (Å²) in [6.45, 7) is 6.72. The first kappa shape index (κ1) is 18.1. The predicted octanol–water partition coefficient (Wildman–Crippen LogP) is 4.35. The zero-order valence-electron chi connectivity index (χ0n) is 15.5. The standard InChI is InChI=1S/C20H20N4OS2/c1-12-13(2)27-20-18(12)19(21-14(3)22-20)26-11-17(25)24-10-9-16(23-24)15-7-5-4-6-8-15/h4-8H,9-11H2,1-3H3. The summed E-state index contributed by atoms with van der Waals surface area (Å²) in [5, 5.41) is 8.09. The van der Waals surface area contributed by atoms with Gasteiger partial charge in [-0.3, -0.25) is 4.79 Å². The molecule has 1 aliphatic rings. The lowest BCUT2D eigenvalue weighted by Gasteiger charge is -2.11. The van der Waals surface area contributed by atoms with Gasteiger partial charge in [0, 0.05) is 16.7 Å². The maximum Gasteiger partial charge on any atom is 0.253 e. The number of nitrogens with zero attached hydrogens (tertiary/aromatic N) is 4. The van der Waals surface area contributed by atoms with Crippen molar-refractivity contribution in [2.24, 2.45) is 5.10 Å². The lowest BCUT2D eigenvalue weighted by atomic mass is 10.1. The van der Waals surface area contributed by atoms with Crippen LogP contribution in [0.15, 0.2) is 40.5 Å². The van der Waals surface area contributed by atoms with Gasteiger partial charge in [-0.2, -0.15) is 5.10 Å². The lowest BCUT2D eigenvalue weighted by Crippen LogP contribution is -2.25. The van der Waals surface area contributed by atoms with Crippen LogP contribution in [0, 0.1) is 20.8 Å². The number of fused-ring (bicyclic) bond motifs is 1. The summed E-state index contributed by atoms with van der Waals surface area (Å²) < 4.78 is 0. The van der Waals surface area contributed by atoms with Gasteiger partial charge in [0.05, 0.1) is 18.0 Å². The van der Waals surface area contributed by atoms with Crippen molar-refractivity contribution in [3.8, 4) is 0 Å². The Morgan fingerprint density at radius 3 is 2.74 bits per heavy atom. The van der Waals surface area contributed by atoms with Crippen molar-refractivity contribution in [1.82, 2.24) is 15.0 Å². The van der Waals surface area contributed by atoms with Gasteiger partial charge < -0.3 is 0 Å². The number of hydrogen-bond acceptors (Lipinski definition) is 6. The molecule has 0 saturated carbocycles. The Labute approximate surface area is 166 Å². The minimum Gasteiger partial charge on any atom is -0.272 e. The number of aromatic nitrogens is 2. The highest BCUT2D eigenvalue weighted by molar-refractivity contribution is 8.00. The Morgan fingerprint density at radius 2 is 1.96 bits per heavy atom. The van der Waals surface area contributed by atoms with E-state index in [0.717, 1.165) is 38.8 Å². The van der Waals surface area contributed by atoms with E-state index >= 15 is 0 Å². The highest BCUT2D eigenvalue weighted by atomic mass is 32.2. The van der Waals surface area contributed by atoms with Gasteiger partial charge in [-0.1, -0.05) is 42.1 Å². The minimum atomic E-state index is 0.0138. The average molecular weight is 397 g/mol. The van der Waals surface area contributed by atoms with E-state index in [1.807, 2.05) is 37.3 Å². The monoisotopic (exact) mass is 396 g/mol. The summed E-state index contributed by atoms with van der Waals surface area (Å²) in [4.78, 5) is 24.0. The van der Waals surface area contributed by atoms with Crippen molar-refractivity contribution >= 4 is 44.9 Å². The first-order valence-electron chi connectivity index (χ1n) is 8.83. The third-order valence-corrected chi connectivity index (χ3v) is 6.70. The van der Waals surface area contributed by atoms with Crippen LogP contribution < -0.4 is 0 Å². The molecule has 5 nitrogen and oxygen atoms in total.